The van der Waals surface area contributed by atoms with E-state index in [2.05, 4.69) is 10.0 Å². The Labute approximate surface area is 172 Å². The summed E-state index contributed by atoms with van der Waals surface area (Å²) in [6, 6.07) is 10.9. The molecule has 0 unspecified atom stereocenters. The second-order valence-corrected chi connectivity index (χ2v) is 8.66. The van der Waals surface area contributed by atoms with Crippen LogP contribution in [0.1, 0.15) is 29.8 Å². The van der Waals surface area contributed by atoms with Crippen LogP contribution in [-0.4, -0.2) is 33.5 Å². The highest BCUT2D eigenvalue weighted by Gasteiger charge is 2.19. The van der Waals surface area contributed by atoms with E-state index in [1.807, 2.05) is 0 Å². The van der Waals surface area contributed by atoms with Crippen molar-refractivity contribution in [2.45, 2.75) is 31.2 Å². The van der Waals surface area contributed by atoms with Gasteiger partial charge in [0.05, 0.1) is 12.0 Å². The van der Waals surface area contributed by atoms with Crippen molar-refractivity contribution in [3.63, 3.8) is 0 Å². The molecule has 7 nitrogen and oxygen atoms in total. The number of aryl methyl sites for hydroxylation is 1. The predicted molar refractivity (Wildman–Crippen MR) is 113 cm³/mol. The average Bonchev–Trinajstić information content (AvgIpc) is 2.59. The van der Waals surface area contributed by atoms with E-state index >= 15 is 0 Å². The quantitative estimate of drug-likeness (QED) is 0.629. The molecular formula is C19H26ClN3O4S. The molecule has 0 radical (unpaired) electrons. The lowest BCUT2D eigenvalue weighted by atomic mass is 10.1. The van der Waals surface area contributed by atoms with Crippen LogP contribution in [-0.2, 0) is 10.0 Å². The number of anilines is 1. The van der Waals surface area contributed by atoms with Gasteiger partial charge in [-0.25, -0.2) is 8.42 Å². The van der Waals surface area contributed by atoms with Gasteiger partial charge in [-0.2, -0.15) is 0 Å². The van der Waals surface area contributed by atoms with Crippen molar-refractivity contribution in [1.29, 1.82) is 0 Å². The molecule has 0 heterocycles. The SMILES string of the molecule is COc1ccc(NS(=O)(=O)c2ccc(C)c(C(=O)NCC(C)(C)N)c2)cc1.Cl. The number of carbonyl (C=O) groups is 1. The third-order valence-corrected chi connectivity index (χ3v) is 5.19. The standard InChI is InChI=1S/C19H25N3O4S.ClH/c1-13-5-10-16(11-17(13)18(23)21-12-19(2,3)20)27(24,25)22-14-6-8-15(26-4)9-7-14;/h5-11,22H,12,20H2,1-4H3,(H,21,23);1H. The molecule has 0 aliphatic carbocycles. The normalized spacial score (nSPS) is 11.3. The van der Waals surface area contributed by atoms with E-state index in [0.717, 1.165) is 0 Å². The number of rotatable bonds is 7. The van der Waals surface area contributed by atoms with Gasteiger partial charge in [0.15, 0.2) is 0 Å². The van der Waals surface area contributed by atoms with Crippen LogP contribution in [0.15, 0.2) is 47.4 Å². The highest BCUT2D eigenvalue weighted by molar-refractivity contribution is 7.92. The number of methoxy groups -OCH3 is 1. The highest BCUT2D eigenvalue weighted by Crippen LogP contribution is 2.21. The fourth-order valence-electron chi connectivity index (χ4n) is 2.29. The molecule has 2 aromatic carbocycles. The minimum atomic E-state index is -3.84. The number of amides is 1. The Kier molecular flexibility index (Phi) is 7.86. The van der Waals surface area contributed by atoms with Crippen molar-refractivity contribution < 1.29 is 17.9 Å². The van der Waals surface area contributed by atoms with Crippen LogP contribution < -0.4 is 20.5 Å². The van der Waals surface area contributed by atoms with E-state index in [1.54, 1.807) is 51.1 Å². The van der Waals surface area contributed by atoms with Gasteiger partial charge in [-0.05, 0) is 62.7 Å². The molecule has 0 atom stereocenters. The zero-order valence-electron chi connectivity index (χ0n) is 16.3. The Morgan fingerprint density at radius 2 is 1.75 bits per heavy atom. The Morgan fingerprint density at radius 1 is 1.14 bits per heavy atom. The molecule has 0 saturated carbocycles. The molecule has 2 aromatic rings. The zero-order chi connectivity index (χ0) is 20.2. The minimum Gasteiger partial charge on any atom is -0.497 e. The Morgan fingerprint density at radius 3 is 2.29 bits per heavy atom. The van der Waals surface area contributed by atoms with Gasteiger partial charge in [0.25, 0.3) is 15.9 Å². The van der Waals surface area contributed by atoms with Gasteiger partial charge >= 0.3 is 0 Å². The van der Waals surface area contributed by atoms with Crippen LogP contribution in [0.25, 0.3) is 0 Å². The van der Waals surface area contributed by atoms with Gasteiger partial charge in [0, 0.05) is 23.3 Å². The molecule has 0 aliphatic rings. The van der Waals surface area contributed by atoms with E-state index in [9.17, 15) is 13.2 Å². The highest BCUT2D eigenvalue weighted by atomic mass is 35.5. The van der Waals surface area contributed by atoms with E-state index in [1.165, 1.54) is 19.2 Å². The first kappa shape index (κ1) is 23.7. The second kappa shape index (κ2) is 9.27. The lowest BCUT2D eigenvalue weighted by molar-refractivity contribution is 0.0945. The first-order valence-corrected chi connectivity index (χ1v) is 9.85. The Hall–Kier alpha value is -2.29. The molecule has 154 valence electrons. The van der Waals surface area contributed by atoms with Crippen LogP contribution in [0.3, 0.4) is 0 Å². The molecule has 0 spiro atoms. The maximum atomic E-state index is 12.7. The monoisotopic (exact) mass is 427 g/mol. The third kappa shape index (κ3) is 6.40. The van der Waals surface area contributed by atoms with Crippen molar-refractivity contribution in [3.05, 3.63) is 53.6 Å². The fraction of sp³-hybridized carbons (Fsp3) is 0.316. The van der Waals surface area contributed by atoms with E-state index in [4.69, 9.17) is 10.5 Å². The van der Waals surface area contributed by atoms with Crippen molar-refractivity contribution in [2.24, 2.45) is 5.73 Å². The number of carbonyl (C=O) groups excluding carboxylic acids is 1. The largest absolute Gasteiger partial charge is 0.497 e. The number of nitrogens with two attached hydrogens (primary N) is 1. The molecule has 1 amide bonds. The molecule has 0 aliphatic heterocycles. The van der Waals surface area contributed by atoms with E-state index < -0.39 is 15.6 Å². The number of halogens is 1. The summed E-state index contributed by atoms with van der Waals surface area (Å²) in [6.45, 7) is 5.60. The number of hydrogen-bond acceptors (Lipinski definition) is 5. The molecule has 0 saturated heterocycles. The van der Waals surface area contributed by atoms with Crippen molar-refractivity contribution >= 4 is 34.0 Å². The van der Waals surface area contributed by atoms with Gasteiger partial charge in [-0.1, -0.05) is 6.07 Å². The van der Waals surface area contributed by atoms with Gasteiger partial charge in [-0.3, -0.25) is 9.52 Å². The van der Waals surface area contributed by atoms with Crippen molar-refractivity contribution in [1.82, 2.24) is 5.32 Å². The predicted octanol–water partition coefficient (Wildman–Crippen LogP) is 2.69. The molecule has 2 rings (SSSR count). The van der Waals surface area contributed by atoms with Gasteiger partial charge in [0.1, 0.15) is 5.75 Å². The average molecular weight is 428 g/mol. The molecule has 28 heavy (non-hydrogen) atoms. The maximum Gasteiger partial charge on any atom is 0.261 e. The molecule has 9 heteroatoms. The number of hydrogen-bond donors (Lipinski definition) is 3. The van der Waals surface area contributed by atoms with Crippen molar-refractivity contribution in [2.75, 3.05) is 18.4 Å². The summed E-state index contributed by atoms with van der Waals surface area (Å²) < 4.78 is 32.9. The summed E-state index contributed by atoms with van der Waals surface area (Å²) in [4.78, 5) is 12.4. The van der Waals surface area contributed by atoms with Crippen LogP contribution in [0, 0.1) is 6.92 Å². The Balaban J connectivity index is 0.00000392. The van der Waals surface area contributed by atoms with E-state index in [0.29, 0.717) is 17.0 Å². The van der Waals surface area contributed by atoms with Crippen molar-refractivity contribution in [3.8, 4) is 5.75 Å². The molecule has 0 aromatic heterocycles. The fourth-order valence-corrected chi connectivity index (χ4v) is 3.37. The molecular weight excluding hydrogens is 402 g/mol. The van der Waals surface area contributed by atoms with Crippen LogP contribution in [0.5, 0.6) is 5.75 Å². The topological polar surface area (TPSA) is 111 Å². The van der Waals surface area contributed by atoms with Gasteiger partial charge in [0.2, 0.25) is 0 Å². The molecule has 4 N–H and O–H groups in total. The maximum absolute atomic E-state index is 12.7. The first-order valence-electron chi connectivity index (χ1n) is 8.36. The van der Waals surface area contributed by atoms with Gasteiger partial charge in [-0.15, -0.1) is 12.4 Å². The molecule has 0 fully saturated rings. The van der Waals surface area contributed by atoms with Crippen LogP contribution in [0.2, 0.25) is 0 Å². The third-order valence-electron chi connectivity index (χ3n) is 3.81. The summed E-state index contributed by atoms with van der Waals surface area (Å²) in [7, 11) is -2.31. The number of sulfonamides is 1. The van der Waals surface area contributed by atoms with Gasteiger partial charge < -0.3 is 15.8 Å². The smallest absolute Gasteiger partial charge is 0.261 e. The first-order chi connectivity index (χ1) is 12.5. The van der Waals surface area contributed by atoms with Crippen LogP contribution in [0.4, 0.5) is 5.69 Å². The summed E-state index contributed by atoms with van der Waals surface area (Å²) in [5, 5.41) is 2.73. The number of ether oxygens (including phenoxy) is 1. The number of benzene rings is 2. The van der Waals surface area contributed by atoms with E-state index in [-0.39, 0.29) is 35.3 Å². The lowest BCUT2D eigenvalue weighted by Crippen LogP contribution is -2.45. The second-order valence-electron chi connectivity index (χ2n) is 6.98. The van der Waals surface area contributed by atoms with Crippen LogP contribution >= 0.6 is 12.4 Å². The zero-order valence-corrected chi connectivity index (χ0v) is 17.9. The summed E-state index contributed by atoms with van der Waals surface area (Å²) in [6.07, 6.45) is 0. The Bertz CT molecular complexity index is 923. The minimum absolute atomic E-state index is 0. The number of nitrogens with one attached hydrogen (secondary N) is 2. The summed E-state index contributed by atoms with van der Waals surface area (Å²) >= 11 is 0. The summed E-state index contributed by atoms with van der Waals surface area (Å²) in [5.74, 6) is 0.252. The lowest BCUT2D eigenvalue weighted by Gasteiger charge is -2.19. The summed E-state index contributed by atoms with van der Waals surface area (Å²) in [5.41, 5.74) is 6.67. The molecule has 0 bridgehead atoms.